The van der Waals surface area contributed by atoms with Crippen LogP contribution in [0.1, 0.15) is 0 Å². The molecule has 24 heavy (non-hydrogen) atoms. The van der Waals surface area contributed by atoms with Crippen LogP contribution in [0, 0.1) is 0 Å². The van der Waals surface area contributed by atoms with E-state index in [1.165, 1.54) is 7.11 Å². The summed E-state index contributed by atoms with van der Waals surface area (Å²) in [7, 11) is 1.45. The zero-order valence-electron chi connectivity index (χ0n) is 13.0. The molecule has 3 aromatic rings. The van der Waals surface area contributed by atoms with E-state index in [1.807, 2.05) is 36.4 Å². The van der Waals surface area contributed by atoms with Crippen molar-refractivity contribution in [2.45, 2.75) is 6.04 Å². The van der Waals surface area contributed by atoms with Crippen molar-refractivity contribution >= 4 is 22.7 Å². The van der Waals surface area contributed by atoms with Crippen molar-refractivity contribution in [2.24, 2.45) is 0 Å². The molecule has 0 saturated carbocycles. The molecule has 0 bridgehead atoms. The third-order valence-electron chi connectivity index (χ3n) is 3.44. The van der Waals surface area contributed by atoms with Gasteiger partial charge >= 0.3 is 5.97 Å². The lowest BCUT2D eigenvalue weighted by Crippen LogP contribution is -2.34. The van der Waals surface area contributed by atoms with Crippen molar-refractivity contribution in [1.29, 1.82) is 0 Å². The molecule has 0 aliphatic carbocycles. The van der Waals surface area contributed by atoms with Crippen molar-refractivity contribution in [2.75, 3.05) is 19.0 Å². The number of pyridine rings is 1. The molecule has 2 aromatic heterocycles. The molecule has 7 nitrogen and oxygen atoms in total. The van der Waals surface area contributed by atoms with Gasteiger partial charge < -0.3 is 15.2 Å². The predicted molar refractivity (Wildman–Crippen MR) is 89.7 cm³/mol. The maximum absolute atomic E-state index is 11.4. The zero-order valence-corrected chi connectivity index (χ0v) is 13.0. The number of methoxy groups -OCH3 is 1. The molecule has 0 aliphatic rings. The van der Waals surface area contributed by atoms with E-state index in [1.54, 1.807) is 12.3 Å². The fourth-order valence-electron chi connectivity index (χ4n) is 2.30. The zero-order chi connectivity index (χ0) is 16.9. The standard InChI is InChI=1S/C17H16N4O3/c1-24-10-14(17(22)23)20-15-11-6-2-3-7-12(11)19-16(21-15)13-8-4-5-9-18-13/h2-9,14H,10H2,1H3,(H,22,23)(H,19,20,21). The SMILES string of the molecule is COCC(Nc1nc(-c2ccccn2)nc2ccccc12)C(=O)O. The van der Waals surface area contributed by atoms with Gasteiger partial charge in [0.2, 0.25) is 0 Å². The number of benzene rings is 1. The molecule has 0 spiro atoms. The van der Waals surface area contributed by atoms with E-state index in [9.17, 15) is 9.90 Å². The van der Waals surface area contributed by atoms with Crippen LogP contribution in [-0.2, 0) is 9.53 Å². The van der Waals surface area contributed by atoms with Crippen LogP contribution >= 0.6 is 0 Å². The highest BCUT2D eigenvalue weighted by Gasteiger charge is 2.19. The van der Waals surface area contributed by atoms with Crippen molar-refractivity contribution < 1.29 is 14.6 Å². The molecule has 122 valence electrons. The summed E-state index contributed by atoms with van der Waals surface area (Å²) in [4.78, 5) is 24.6. The minimum Gasteiger partial charge on any atom is -0.480 e. The lowest BCUT2D eigenvalue weighted by Gasteiger charge is -2.16. The molecular formula is C17H16N4O3. The quantitative estimate of drug-likeness (QED) is 0.717. The second kappa shape index (κ2) is 7.01. The molecule has 2 N–H and O–H groups in total. The molecule has 0 radical (unpaired) electrons. The molecule has 1 unspecified atom stereocenters. The molecular weight excluding hydrogens is 308 g/mol. The summed E-state index contributed by atoms with van der Waals surface area (Å²) >= 11 is 0. The summed E-state index contributed by atoms with van der Waals surface area (Å²) in [5, 5.41) is 13.0. The second-order valence-electron chi connectivity index (χ2n) is 5.12. The summed E-state index contributed by atoms with van der Waals surface area (Å²) < 4.78 is 4.97. The van der Waals surface area contributed by atoms with Gasteiger partial charge in [0.1, 0.15) is 17.6 Å². The van der Waals surface area contributed by atoms with Crippen LogP contribution in [-0.4, -0.2) is 45.8 Å². The van der Waals surface area contributed by atoms with Crippen LogP contribution in [0.25, 0.3) is 22.4 Å². The second-order valence-corrected chi connectivity index (χ2v) is 5.12. The van der Waals surface area contributed by atoms with Gasteiger partial charge in [-0.15, -0.1) is 0 Å². The van der Waals surface area contributed by atoms with Crippen LogP contribution in [0.3, 0.4) is 0 Å². The van der Waals surface area contributed by atoms with E-state index in [0.29, 0.717) is 22.9 Å². The van der Waals surface area contributed by atoms with Crippen molar-refractivity contribution in [1.82, 2.24) is 15.0 Å². The first-order valence-electron chi connectivity index (χ1n) is 7.35. The number of nitrogens with one attached hydrogen (secondary N) is 1. The Morgan fingerprint density at radius 3 is 2.71 bits per heavy atom. The first-order chi connectivity index (χ1) is 11.7. The number of carboxylic acid groups (broad SMARTS) is 1. The Hall–Kier alpha value is -3.06. The van der Waals surface area contributed by atoms with Gasteiger partial charge in [-0.2, -0.15) is 0 Å². The van der Waals surface area contributed by atoms with Gasteiger partial charge in [-0.3, -0.25) is 4.98 Å². The highest BCUT2D eigenvalue weighted by molar-refractivity contribution is 5.92. The van der Waals surface area contributed by atoms with Gasteiger partial charge in [-0.25, -0.2) is 14.8 Å². The van der Waals surface area contributed by atoms with E-state index < -0.39 is 12.0 Å². The highest BCUT2D eigenvalue weighted by atomic mass is 16.5. The lowest BCUT2D eigenvalue weighted by atomic mass is 10.2. The number of fused-ring (bicyclic) bond motifs is 1. The van der Waals surface area contributed by atoms with E-state index in [4.69, 9.17) is 4.74 Å². The van der Waals surface area contributed by atoms with Crippen LogP contribution in [0.2, 0.25) is 0 Å². The molecule has 3 rings (SSSR count). The highest BCUT2D eigenvalue weighted by Crippen LogP contribution is 2.24. The third kappa shape index (κ3) is 3.31. The maximum Gasteiger partial charge on any atom is 0.328 e. The fraction of sp³-hybridized carbons (Fsp3) is 0.176. The fourth-order valence-corrected chi connectivity index (χ4v) is 2.30. The van der Waals surface area contributed by atoms with Crippen LogP contribution in [0.5, 0.6) is 0 Å². The normalized spacial score (nSPS) is 12.0. The summed E-state index contributed by atoms with van der Waals surface area (Å²) in [6.07, 6.45) is 1.66. The van der Waals surface area contributed by atoms with Crippen LogP contribution in [0.4, 0.5) is 5.82 Å². The molecule has 0 aliphatic heterocycles. The van der Waals surface area contributed by atoms with Crippen LogP contribution < -0.4 is 5.32 Å². The first-order valence-corrected chi connectivity index (χ1v) is 7.35. The largest absolute Gasteiger partial charge is 0.480 e. The lowest BCUT2D eigenvalue weighted by molar-refractivity contribution is -0.139. The number of ether oxygens (including phenoxy) is 1. The minimum absolute atomic E-state index is 0.0204. The first kappa shape index (κ1) is 15.8. The summed E-state index contributed by atoms with van der Waals surface area (Å²) in [5.41, 5.74) is 1.32. The van der Waals surface area contributed by atoms with Crippen molar-refractivity contribution in [3.63, 3.8) is 0 Å². The molecule has 1 aromatic carbocycles. The molecule has 0 fully saturated rings. The third-order valence-corrected chi connectivity index (χ3v) is 3.44. The smallest absolute Gasteiger partial charge is 0.328 e. The summed E-state index contributed by atoms with van der Waals surface area (Å²) in [6, 6.07) is 11.9. The van der Waals surface area contributed by atoms with Crippen molar-refractivity contribution in [3.05, 3.63) is 48.7 Å². The Balaban J connectivity index is 2.09. The average molecular weight is 324 g/mol. The molecule has 0 saturated heterocycles. The number of para-hydroxylation sites is 1. The topological polar surface area (TPSA) is 97.2 Å². The number of hydrogen-bond acceptors (Lipinski definition) is 6. The average Bonchev–Trinajstić information content (AvgIpc) is 2.61. The number of aliphatic carboxylic acids is 1. The predicted octanol–water partition coefficient (Wildman–Crippen LogP) is 2.20. The van der Waals surface area contributed by atoms with Gasteiger partial charge in [0.05, 0.1) is 12.1 Å². The van der Waals surface area contributed by atoms with E-state index in [2.05, 4.69) is 20.3 Å². The Labute approximate surface area is 138 Å². The number of carbonyl (C=O) groups is 1. The molecule has 0 amide bonds. The Morgan fingerprint density at radius 2 is 2.00 bits per heavy atom. The summed E-state index contributed by atoms with van der Waals surface area (Å²) in [5.74, 6) is -0.150. The maximum atomic E-state index is 11.4. The van der Waals surface area contributed by atoms with E-state index in [-0.39, 0.29) is 6.61 Å². The Bertz CT molecular complexity index is 855. The van der Waals surface area contributed by atoms with Crippen LogP contribution in [0.15, 0.2) is 48.7 Å². The van der Waals surface area contributed by atoms with E-state index in [0.717, 1.165) is 5.39 Å². The Morgan fingerprint density at radius 1 is 1.21 bits per heavy atom. The van der Waals surface area contributed by atoms with Gasteiger partial charge in [-0.05, 0) is 24.3 Å². The van der Waals surface area contributed by atoms with E-state index >= 15 is 0 Å². The summed E-state index contributed by atoms with van der Waals surface area (Å²) in [6.45, 7) is 0.0204. The van der Waals surface area contributed by atoms with Gasteiger partial charge in [0.25, 0.3) is 0 Å². The number of anilines is 1. The molecule has 2 heterocycles. The Kier molecular flexibility index (Phi) is 4.62. The number of hydrogen-bond donors (Lipinski definition) is 2. The molecule has 1 atom stereocenters. The van der Waals surface area contributed by atoms with Gasteiger partial charge in [-0.1, -0.05) is 18.2 Å². The number of aromatic nitrogens is 3. The molecule has 7 heteroatoms. The van der Waals surface area contributed by atoms with Crippen molar-refractivity contribution in [3.8, 4) is 11.5 Å². The van der Waals surface area contributed by atoms with Gasteiger partial charge in [0.15, 0.2) is 5.82 Å². The number of carboxylic acids is 1. The minimum atomic E-state index is -1.01. The monoisotopic (exact) mass is 324 g/mol. The number of nitrogens with zero attached hydrogens (tertiary/aromatic N) is 3. The number of rotatable bonds is 6. The van der Waals surface area contributed by atoms with Gasteiger partial charge in [0, 0.05) is 18.7 Å².